The summed E-state index contributed by atoms with van der Waals surface area (Å²) in [6.45, 7) is 1.93. The van der Waals surface area contributed by atoms with Gasteiger partial charge in [0.05, 0.1) is 18.9 Å². The van der Waals surface area contributed by atoms with Gasteiger partial charge >= 0.3 is 5.97 Å². The van der Waals surface area contributed by atoms with Crippen molar-refractivity contribution in [3.63, 3.8) is 0 Å². The number of nitrogens with one attached hydrogen (secondary N) is 2. The fraction of sp³-hybridized carbons (Fsp3) is 0.0645. The number of hydrogen-bond donors (Lipinski definition) is 2. The molecule has 4 aromatic carbocycles. The molecule has 8 heteroatoms. The summed E-state index contributed by atoms with van der Waals surface area (Å²) in [4.78, 5) is 28.7. The summed E-state index contributed by atoms with van der Waals surface area (Å²) in [6, 6.07) is 25.6. The highest BCUT2D eigenvalue weighted by Crippen LogP contribution is 2.33. The van der Waals surface area contributed by atoms with Crippen LogP contribution in [0.15, 0.2) is 96.1 Å². The maximum absolute atomic E-state index is 14.0. The number of aromatic amines is 1. The average Bonchev–Trinajstić information content (AvgIpc) is 3.33. The lowest BCUT2D eigenvalue weighted by Crippen LogP contribution is -2.18. The lowest BCUT2D eigenvalue weighted by Gasteiger charge is -2.10. The van der Waals surface area contributed by atoms with Crippen LogP contribution in [0.3, 0.4) is 0 Å². The van der Waals surface area contributed by atoms with E-state index in [1.165, 1.54) is 25.5 Å². The van der Waals surface area contributed by atoms with E-state index in [9.17, 15) is 14.0 Å². The van der Waals surface area contributed by atoms with Gasteiger partial charge in [-0.2, -0.15) is 5.10 Å². The molecule has 0 bridgehead atoms. The van der Waals surface area contributed by atoms with Crippen molar-refractivity contribution in [2.75, 3.05) is 7.11 Å². The van der Waals surface area contributed by atoms with E-state index < -0.39 is 17.7 Å². The molecule has 0 spiro atoms. The van der Waals surface area contributed by atoms with Gasteiger partial charge < -0.3 is 14.5 Å². The molecule has 0 unspecified atom stereocenters. The molecular weight excluding hydrogens is 497 g/mol. The molecule has 5 aromatic rings. The molecule has 0 saturated carbocycles. The normalized spacial score (nSPS) is 11.1. The van der Waals surface area contributed by atoms with Gasteiger partial charge in [-0.05, 0) is 66.6 Å². The zero-order chi connectivity index (χ0) is 27.4. The van der Waals surface area contributed by atoms with E-state index in [1.54, 1.807) is 36.4 Å². The Kier molecular flexibility index (Phi) is 7.18. The van der Waals surface area contributed by atoms with Gasteiger partial charge in [0, 0.05) is 16.5 Å². The molecule has 194 valence electrons. The molecule has 0 aliphatic rings. The number of esters is 1. The topological polar surface area (TPSA) is 92.8 Å². The van der Waals surface area contributed by atoms with E-state index in [0.717, 1.165) is 11.1 Å². The second-order valence-electron chi connectivity index (χ2n) is 8.80. The first kappa shape index (κ1) is 25.4. The van der Waals surface area contributed by atoms with Crippen LogP contribution in [0, 0.1) is 12.7 Å². The maximum atomic E-state index is 14.0. The van der Waals surface area contributed by atoms with Gasteiger partial charge in [-0.25, -0.2) is 14.6 Å². The van der Waals surface area contributed by atoms with Crippen LogP contribution in [0.25, 0.3) is 22.0 Å². The number of ether oxygens (including phenoxy) is 2. The van der Waals surface area contributed by atoms with E-state index in [0.29, 0.717) is 33.3 Å². The molecule has 1 amide bonds. The summed E-state index contributed by atoms with van der Waals surface area (Å²) < 4.78 is 24.9. The van der Waals surface area contributed by atoms with Crippen LogP contribution < -0.4 is 14.9 Å². The zero-order valence-corrected chi connectivity index (χ0v) is 21.2. The first-order chi connectivity index (χ1) is 18.9. The van der Waals surface area contributed by atoms with Gasteiger partial charge in [0.25, 0.3) is 5.91 Å². The molecule has 1 heterocycles. The molecule has 5 rings (SSSR count). The number of fused-ring (bicyclic) bond motifs is 1. The minimum absolute atomic E-state index is 0.252. The van der Waals surface area contributed by atoms with Gasteiger partial charge in [-0.1, -0.05) is 48.0 Å². The number of halogens is 1. The Hall–Kier alpha value is -5.24. The number of aromatic nitrogens is 1. The van der Waals surface area contributed by atoms with E-state index in [1.807, 2.05) is 49.4 Å². The highest BCUT2D eigenvalue weighted by Gasteiger charge is 2.19. The Bertz CT molecular complexity index is 1690. The highest BCUT2D eigenvalue weighted by molar-refractivity contribution is 6.09. The van der Waals surface area contributed by atoms with Crippen molar-refractivity contribution in [3.05, 3.63) is 119 Å². The lowest BCUT2D eigenvalue weighted by atomic mass is 10.0. The first-order valence-corrected chi connectivity index (χ1v) is 12.1. The molecule has 0 aliphatic carbocycles. The fourth-order valence-corrected chi connectivity index (χ4v) is 4.16. The van der Waals surface area contributed by atoms with Crippen LogP contribution in [0.4, 0.5) is 4.39 Å². The minimum Gasteiger partial charge on any atom is -0.493 e. The van der Waals surface area contributed by atoms with Crippen LogP contribution in [0.2, 0.25) is 0 Å². The number of H-pyrrole nitrogens is 1. The van der Waals surface area contributed by atoms with Gasteiger partial charge in [-0.3, -0.25) is 4.79 Å². The lowest BCUT2D eigenvalue weighted by molar-refractivity contribution is 0.0729. The summed E-state index contributed by atoms with van der Waals surface area (Å²) in [5.41, 5.74) is 6.82. The van der Waals surface area contributed by atoms with E-state index in [2.05, 4.69) is 15.5 Å². The molecule has 0 radical (unpaired) electrons. The summed E-state index contributed by atoms with van der Waals surface area (Å²) >= 11 is 0. The number of benzene rings is 4. The SMILES string of the molecule is COc1cc(C=NNC(=O)c2[nH]c3ccc(F)cc3c2-c2ccccc2)ccc1OC(=O)c1ccc(C)cc1. The van der Waals surface area contributed by atoms with E-state index in [-0.39, 0.29) is 11.4 Å². The number of hydrazone groups is 1. The molecule has 0 atom stereocenters. The number of carbonyl (C=O) groups excluding carboxylic acids is 2. The van der Waals surface area contributed by atoms with Crippen molar-refractivity contribution >= 4 is 29.0 Å². The van der Waals surface area contributed by atoms with Crippen LogP contribution in [-0.2, 0) is 0 Å². The number of carbonyl (C=O) groups is 2. The molecule has 7 nitrogen and oxygen atoms in total. The first-order valence-electron chi connectivity index (χ1n) is 12.1. The molecule has 0 aliphatic heterocycles. The smallest absolute Gasteiger partial charge is 0.343 e. The van der Waals surface area contributed by atoms with Gasteiger partial charge in [-0.15, -0.1) is 0 Å². The van der Waals surface area contributed by atoms with Crippen molar-refractivity contribution in [2.45, 2.75) is 6.92 Å². The second-order valence-corrected chi connectivity index (χ2v) is 8.80. The summed E-state index contributed by atoms with van der Waals surface area (Å²) in [5.74, 6) is -0.811. The standard InChI is InChI=1S/C31H24FN3O4/c1-19-8-11-22(12-9-19)31(37)39-26-15-10-20(16-27(26)38-2)18-33-35-30(36)29-28(21-6-4-3-5-7-21)24-17-23(32)13-14-25(24)34-29/h3-18,34H,1-2H3,(H,35,36). The third kappa shape index (κ3) is 5.55. The molecule has 2 N–H and O–H groups in total. The number of rotatable bonds is 7. The molecule has 0 fully saturated rings. The summed E-state index contributed by atoms with van der Waals surface area (Å²) in [5, 5.41) is 4.67. The predicted molar refractivity (Wildman–Crippen MR) is 148 cm³/mol. The highest BCUT2D eigenvalue weighted by atomic mass is 19.1. The molecular formula is C31H24FN3O4. The van der Waals surface area contributed by atoms with Crippen LogP contribution in [0.5, 0.6) is 11.5 Å². The Balaban J connectivity index is 1.34. The van der Waals surface area contributed by atoms with Crippen molar-refractivity contribution in [2.24, 2.45) is 5.10 Å². The Labute approximate surface area is 223 Å². The zero-order valence-electron chi connectivity index (χ0n) is 21.2. The Morgan fingerprint density at radius 1 is 0.923 bits per heavy atom. The average molecular weight is 522 g/mol. The third-order valence-electron chi connectivity index (χ3n) is 6.11. The van der Waals surface area contributed by atoms with Gasteiger partial charge in [0.2, 0.25) is 0 Å². The minimum atomic E-state index is -0.505. The molecule has 39 heavy (non-hydrogen) atoms. The fourth-order valence-electron chi connectivity index (χ4n) is 4.16. The largest absolute Gasteiger partial charge is 0.493 e. The monoisotopic (exact) mass is 521 g/mol. The molecule has 0 saturated heterocycles. The predicted octanol–water partition coefficient (Wildman–Crippen LogP) is 6.27. The van der Waals surface area contributed by atoms with Crippen LogP contribution in [-0.4, -0.2) is 30.2 Å². The summed E-state index contributed by atoms with van der Waals surface area (Å²) in [7, 11) is 1.46. The number of hydrogen-bond acceptors (Lipinski definition) is 5. The number of methoxy groups -OCH3 is 1. The number of aryl methyl sites for hydroxylation is 1. The van der Waals surface area contributed by atoms with Crippen molar-refractivity contribution in [3.8, 4) is 22.6 Å². The van der Waals surface area contributed by atoms with Crippen molar-refractivity contribution in [1.82, 2.24) is 10.4 Å². The van der Waals surface area contributed by atoms with E-state index in [4.69, 9.17) is 9.47 Å². The Morgan fingerprint density at radius 2 is 1.69 bits per heavy atom. The molecule has 1 aromatic heterocycles. The third-order valence-corrected chi connectivity index (χ3v) is 6.11. The van der Waals surface area contributed by atoms with Crippen LogP contribution in [0.1, 0.15) is 32.0 Å². The second kappa shape index (κ2) is 11.0. The Morgan fingerprint density at radius 3 is 2.44 bits per heavy atom. The summed E-state index contributed by atoms with van der Waals surface area (Å²) in [6.07, 6.45) is 1.44. The van der Waals surface area contributed by atoms with Crippen molar-refractivity contribution in [1.29, 1.82) is 0 Å². The van der Waals surface area contributed by atoms with Gasteiger partial charge in [0.1, 0.15) is 11.5 Å². The van der Waals surface area contributed by atoms with E-state index >= 15 is 0 Å². The maximum Gasteiger partial charge on any atom is 0.343 e. The number of nitrogens with zero attached hydrogens (tertiary/aromatic N) is 1. The number of amides is 1. The van der Waals surface area contributed by atoms with Gasteiger partial charge in [0.15, 0.2) is 11.5 Å². The van der Waals surface area contributed by atoms with Crippen molar-refractivity contribution < 1.29 is 23.5 Å². The quantitative estimate of drug-likeness (QED) is 0.114. The van der Waals surface area contributed by atoms with Crippen LogP contribution >= 0.6 is 0 Å².